The van der Waals surface area contributed by atoms with E-state index in [1.54, 1.807) is 0 Å². The molecule has 0 amide bonds. The van der Waals surface area contributed by atoms with Crippen LogP contribution in [-0.4, -0.2) is 125 Å². The van der Waals surface area contributed by atoms with Gasteiger partial charge in [0, 0.05) is 6.54 Å². The number of hydrogen-bond donors (Lipinski definition) is 3. The van der Waals surface area contributed by atoms with Crippen LogP contribution in [0, 0.1) is 0 Å². The van der Waals surface area contributed by atoms with E-state index in [1.165, 1.54) is 0 Å². The van der Waals surface area contributed by atoms with E-state index in [1.807, 2.05) is 0 Å². The van der Waals surface area contributed by atoms with E-state index in [0.717, 1.165) is 0 Å². The van der Waals surface area contributed by atoms with Crippen molar-refractivity contribution in [1.82, 2.24) is 0 Å². The first kappa shape index (κ1) is 18.2. The molecule has 0 aromatic heterocycles. The van der Waals surface area contributed by atoms with Crippen molar-refractivity contribution in [2.24, 2.45) is 5.73 Å². The van der Waals surface area contributed by atoms with Gasteiger partial charge < -0.3 is 15.5 Å². The van der Waals surface area contributed by atoms with Gasteiger partial charge in [0.25, 0.3) is 0 Å². The quantitative estimate of drug-likeness (QED) is 0.354. The van der Waals surface area contributed by atoms with Gasteiger partial charge >= 0.3 is 110 Å². The zero-order valence-corrected chi connectivity index (χ0v) is 4.64. The Kier molecular flexibility index (Phi) is 19.2. The molecule has 0 rings (SSSR count). The Morgan fingerprint density at radius 2 is 1.67 bits per heavy atom. The summed E-state index contributed by atoms with van der Waals surface area (Å²) in [5.74, 6) is 0. The minimum atomic E-state index is -3.79. The summed E-state index contributed by atoms with van der Waals surface area (Å²) in [6.45, 7) is 0.0459. The van der Waals surface area contributed by atoms with Crippen LogP contribution in [0.15, 0.2) is 0 Å². The molecule has 0 saturated heterocycles. The molecule has 0 aromatic carbocycles. The van der Waals surface area contributed by atoms with E-state index in [4.69, 9.17) is 15.5 Å². The van der Waals surface area contributed by atoms with Gasteiger partial charge in [-0.05, 0) is 0 Å². The van der Waals surface area contributed by atoms with Gasteiger partial charge in [0.1, 0.15) is 0 Å². The van der Waals surface area contributed by atoms with Crippen molar-refractivity contribution in [3.63, 3.8) is 0 Å². The number of nitrogens with two attached hydrogens (primary N) is 1. The van der Waals surface area contributed by atoms with Crippen LogP contribution in [0.1, 0.15) is 0 Å². The molecule has 0 saturated carbocycles. The number of hydrogen-bond acceptors (Lipinski definition) is 2. The van der Waals surface area contributed by atoms with Gasteiger partial charge in [0.05, 0.1) is 6.16 Å². The van der Waals surface area contributed by atoms with Gasteiger partial charge in [0.15, 0.2) is 0 Å². The topological polar surface area (TPSA) is 83.6 Å². The molecule has 48 valence electrons. The van der Waals surface area contributed by atoms with Crippen molar-refractivity contribution in [3.8, 4) is 0 Å². The molecule has 0 heterocycles. The van der Waals surface area contributed by atoms with Crippen LogP contribution in [-0.2, 0) is 4.57 Å². The normalized spacial score (nSPS) is 9.22. The standard InChI is InChI=1S/C2H8NO3P.2K.2H/c3-1-2-7(4,5)6;;;;/h1-3H2,(H2,4,5,6);;;;. The molecular formula is C2H10K2NO3P. The SMILES string of the molecule is NCCP(=O)(O)O.[KH].[KH]. The molecule has 0 aliphatic carbocycles. The molecule has 0 radical (unpaired) electrons. The first-order valence-electron chi connectivity index (χ1n) is 1.81. The summed E-state index contributed by atoms with van der Waals surface area (Å²) in [6.07, 6.45) is -0.215. The van der Waals surface area contributed by atoms with Crippen LogP contribution in [0.25, 0.3) is 0 Å². The molecule has 0 aliphatic heterocycles. The summed E-state index contributed by atoms with van der Waals surface area (Å²) >= 11 is 0. The van der Waals surface area contributed by atoms with Crippen LogP contribution in [0.4, 0.5) is 0 Å². The first-order chi connectivity index (χ1) is 3.06. The third-order valence-electron chi connectivity index (χ3n) is 0.420. The molecule has 0 unspecified atom stereocenters. The maximum absolute atomic E-state index is 9.85. The van der Waals surface area contributed by atoms with Crippen LogP contribution < -0.4 is 5.73 Å². The summed E-state index contributed by atoms with van der Waals surface area (Å²) in [6, 6.07) is 0. The molecule has 0 spiro atoms. The fraction of sp³-hybridized carbons (Fsp3) is 1.00. The Morgan fingerprint density at radius 1 is 1.33 bits per heavy atom. The summed E-state index contributed by atoms with van der Waals surface area (Å²) in [5, 5.41) is 0. The fourth-order valence-electron chi connectivity index (χ4n) is 0.168. The van der Waals surface area contributed by atoms with Crippen LogP contribution in [0.2, 0.25) is 0 Å². The van der Waals surface area contributed by atoms with Crippen molar-refractivity contribution in [1.29, 1.82) is 0 Å². The molecule has 0 fully saturated rings. The van der Waals surface area contributed by atoms with Crippen molar-refractivity contribution >= 4 is 110 Å². The van der Waals surface area contributed by atoms with Crippen LogP contribution >= 0.6 is 7.60 Å². The summed E-state index contributed by atoms with van der Waals surface area (Å²) in [7, 11) is -3.79. The Morgan fingerprint density at radius 3 is 1.67 bits per heavy atom. The third-order valence-corrected chi connectivity index (χ3v) is 1.26. The second-order valence-corrected chi connectivity index (χ2v) is 2.95. The van der Waals surface area contributed by atoms with Gasteiger partial charge in [-0.25, -0.2) is 0 Å². The maximum atomic E-state index is 9.85. The van der Waals surface area contributed by atoms with Crippen molar-refractivity contribution in [2.45, 2.75) is 0 Å². The predicted octanol–water partition coefficient (Wildman–Crippen LogP) is -2.17. The Hall–Kier alpha value is 3.38. The van der Waals surface area contributed by atoms with Gasteiger partial charge in [-0.15, -0.1) is 0 Å². The zero-order valence-electron chi connectivity index (χ0n) is 3.74. The van der Waals surface area contributed by atoms with Crippen LogP contribution in [0.5, 0.6) is 0 Å². The Labute approximate surface area is 139 Å². The summed E-state index contributed by atoms with van der Waals surface area (Å²) in [5.41, 5.74) is 4.82. The van der Waals surface area contributed by atoms with Crippen molar-refractivity contribution in [2.75, 3.05) is 12.7 Å². The van der Waals surface area contributed by atoms with E-state index in [9.17, 15) is 4.57 Å². The van der Waals surface area contributed by atoms with Crippen molar-refractivity contribution < 1.29 is 14.4 Å². The monoisotopic (exact) mass is 205 g/mol. The minimum absolute atomic E-state index is 0. The van der Waals surface area contributed by atoms with Crippen LogP contribution in [0.3, 0.4) is 0 Å². The molecule has 0 aromatic rings. The van der Waals surface area contributed by atoms with E-state index < -0.39 is 7.60 Å². The third kappa shape index (κ3) is 18.4. The van der Waals surface area contributed by atoms with E-state index in [-0.39, 0.29) is 115 Å². The molecule has 0 bridgehead atoms. The van der Waals surface area contributed by atoms with Gasteiger partial charge in [-0.3, -0.25) is 4.57 Å². The van der Waals surface area contributed by atoms with Gasteiger partial charge in [0.2, 0.25) is 0 Å². The fourth-order valence-corrected chi connectivity index (χ4v) is 0.505. The average Bonchev–Trinajstić information content (AvgIpc) is 1.30. The predicted molar refractivity (Wildman–Crippen MR) is 40.3 cm³/mol. The second-order valence-electron chi connectivity index (χ2n) is 1.18. The first-order valence-corrected chi connectivity index (χ1v) is 3.60. The van der Waals surface area contributed by atoms with Gasteiger partial charge in [-0.2, -0.15) is 0 Å². The Balaban J connectivity index is -0.000000180. The summed E-state index contributed by atoms with van der Waals surface area (Å²) < 4.78 is 9.85. The average molecular weight is 205 g/mol. The summed E-state index contributed by atoms with van der Waals surface area (Å²) in [4.78, 5) is 16.1. The van der Waals surface area contributed by atoms with Gasteiger partial charge in [-0.1, -0.05) is 0 Å². The molecule has 9 heavy (non-hydrogen) atoms. The molecule has 0 aliphatic rings. The Bertz CT molecular complexity index is 93.8. The molecule has 0 atom stereocenters. The second kappa shape index (κ2) is 9.47. The van der Waals surface area contributed by atoms with E-state index >= 15 is 0 Å². The molecular weight excluding hydrogens is 195 g/mol. The number of rotatable bonds is 2. The van der Waals surface area contributed by atoms with E-state index in [2.05, 4.69) is 0 Å². The van der Waals surface area contributed by atoms with E-state index in [0.29, 0.717) is 0 Å². The van der Waals surface area contributed by atoms with Crippen molar-refractivity contribution in [3.05, 3.63) is 0 Å². The zero-order chi connectivity index (χ0) is 5.91. The molecule has 4 N–H and O–H groups in total. The molecule has 4 nitrogen and oxygen atoms in total. The molecule has 7 heteroatoms.